The molecule has 0 aromatic heterocycles. The zero-order valence-corrected chi connectivity index (χ0v) is 10.5. The molecule has 0 aliphatic rings. The van der Waals surface area contributed by atoms with Crippen LogP contribution in [-0.4, -0.2) is 12.5 Å². The Hall–Kier alpha value is -1.38. The van der Waals surface area contributed by atoms with Crippen LogP contribution in [0.15, 0.2) is 24.3 Å². The topological polar surface area (TPSA) is 29.1 Å². The van der Waals surface area contributed by atoms with Crippen molar-refractivity contribution in [2.45, 2.75) is 33.1 Å². The molecule has 1 rings (SSSR count). The Morgan fingerprint density at radius 3 is 2.88 bits per heavy atom. The summed E-state index contributed by atoms with van der Waals surface area (Å²) in [5.74, 6) is -0.0797. The van der Waals surface area contributed by atoms with Gasteiger partial charge in [0, 0.05) is 12.5 Å². The minimum atomic E-state index is -0.229. The number of benzene rings is 1. The molecule has 1 aromatic rings. The molecule has 0 saturated heterocycles. The van der Waals surface area contributed by atoms with Gasteiger partial charge in [-0.05, 0) is 30.5 Å². The van der Waals surface area contributed by atoms with Crippen LogP contribution in [0, 0.1) is 11.7 Å². The van der Waals surface area contributed by atoms with E-state index in [0.29, 0.717) is 13.0 Å². The molecule has 1 N–H and O–H groups in total. The first kappa shape index (κ1) is 13.7. The number of halogens is 1. The van der Waals surface area contributed by atoms with Gasteiger partial charge in [0.25, 0.3) is 0 Å². The van der Waals surface area contributed by atoms with Crippen molar-refractivity contribution in [3.63, 3.8) is 0 Å². The van der Waals surface area contributed by atoms with Gasteiger partial charge in [0.15, 0.2) is 0 Å². The van der Waals surface area contributed by atoms with Crippen LogP contribution in [0.3, 0.4) is 0 Å². The lowest BCUT2D eigenvalue weighted by molar-refractivity contribution is -0.124. The fraction of sp³-hybridized carbons (Fsp3) is 0.500. The van der Waals surface area contributed by atoms with Crippen molar-refractivity contribution in [2.75, 3.05) is 6.54 Å². The highest BCUT2D eigenvalue weighted by Gasteiger charge is 2.10. The fourth-order valence-corrected chi connectivity index (χ4v) is 1.76. The van der Waals surface area contributed by atoms with E-state index in [1.165, 1.54) is 12.1 Å². The summed E-state index contributed by atoms with van der Waals surface area (Å²) in [7, 11) is 0. The largest absolute Gasteiger partial charge is 0.356 e. The van der Waals surface area contributed by atoms with Crippen LogP contribution in [0.2, 0.25) is 0 Å². The highest BCUT2D eigenvalue weighted by atomic mass is 19.1. The number of carbonyl (C=O) groups is 1. The van der Waals surface area contributed by atoms with E-state index >= 15 is 0 Å². The van der Waals surface area contributed by atoms with Gasteiger partial charge in [-0.25, -0.2) is 4.39 Å². The van der Waals surface area contributed by atoms with Crippen LogP contribution in [0.4, 0.5) is 4.39 Å². The molecule has 0 heterocycles. The molecule has 0 fully saturated rings. The van der Waals surface area contributed by atoms with Crippen LogP contribution < -0.4 is 5.32 Å². The molecule has 0 aliphatic heterocycles. The van der Waals surface area contributed by atoms with Gasteiger partial charge < -0.3 is 5.32 Å². The van der Waals surface area contributed by atoms with Crippen LogP contribution in [-0.2, 0) is 11.2 Å². The van der Waals surface area contributed by atoms with Crippen LogP contribution in [0.5, 0.6) is 0 Å². The molecular weight excluding hydrogens is 217 g/mol. The molecule has 1 amide bonds. The molecule has 1 atom stereocenters. The summed E-state index contributed by atoms with van der Waals surface area (Å²) < 4.78 is 12.9. The molecule has 3 heteroatoms. The lowest BCUT2D eigenvalue weighted by atomic mass is 10.1. The normalized spacial score (nSPS) is 12.2. The van der Waals surface area contributed by atoms with Crippen molar-refractivity contribution >= 4 is 5.91 Å². The van der Waals surface area contributed by atoms with Gasteiger partial charge in [0.2, 0.25) is 5.91 Å². The third-order valence-electron chi connectivity index (χ3n) is 2.77. The van der Waals surface area contributed by atoms with E-state index in [2.05, 4.69) is 12.2 Å². The molecular formula is C14H20FNO. The van der Waals surface area contributed by atoms with E-state index in [0.717, 1.165) is 18.4 Å². The number of rotatable bonds is 6. The van der Waals surface area contributed by atoms with E-state index in [9.17, 15) is 9.18 Å². The van der Waals surface area contributed by atoms with E-state index < -0.39 is 0 Å². The second-order valence-electron chi connectivity index (χ2n) is 4.36. The highest BCUT2D eigenvalue weighted by molar-refractivity contribution is 5.78. The van der Waals surface area contributed by atoms with Crippen molar-refractivity contribution in [3.05, 3.63) is 35.6 Å². The van der Waals surface area contributed by atoms with Gasteiger partial charge in [0.05, 0.1) is 0 Å². The first-order valence-electron chi connectivity index (χ1n) is 6.15. The summed E-state index contributed by atoms with van der Waals surface area (Å²) in [4.78, 5) is 11.6. The number of hydrogen-bond acceptors (Lipinski definition) is 1. The monoisotopic (exact) mass is 237 g/mol. The summed E-state index contributed by atoms with van der Waals surface area (Å²) in [6, 6.07) is 6.48. The fourth-order valence-electron chi connectivity index (χ4n) is 1.76. The lowest BCUT2D eigenvalue weighted by Gasteiger charge is -2.10. The SMILES string of the molecule is CCCC(C)C(=O)NCCc1cccc(F)c1. The van der Waals surface area contributed by atoms with Gasteiger partial charge in [-0.3, -0.25) is 4.79 Å². The summed E-state index contributed by atoms with van der Waals surface area (Å²) in [6.07, 6.45) is 2.59. The van der Waals surface area contributed by atoms with Crippen LogP contribution in [0.25, 0.3) is 0 Å². The molecule has 0 radical (unpaired) electrons. The zero-order valence-electron chi connectivity index (χ0n) is 10.5. The highest BCUT2D eigenvalue weighted by Crippen LogP contribution is 2.06. The van der Waals surface area contributed by atoms with E-state index in [-0.39, 0.29) is 17.6 Å². The first-order valence-corrected chi connectivity index (χ1v) is 6.15. The number of nitrogens with one attached hydrogen (secondary N) is 1. The maximum atomic E-state index is 12.9. The minimum Gasteiger partial charge on any atom is -0.356 e. The number of amides is 1. The predicted molar refractivity (Wildman–Crippen MR) is 67.2 cm³/mol. The van der Waals surface area contributed by atoms with Gasteiger partial charge in [0.1, 0.15) is 5.82 Å². The Morgan fingerprint density at radius 1 is 1.47 bits per heavy atom. The summed E-state index contributed by atoms with van der Waals surface area (Å²) in [6.45, 7) is 4.56. The summed E-state index contributed by atoms with van der Waals surface area (Å²) in [5, 5.41) is 2.87. The Balaban J connectivity index is 2.30. The van der Waals surface area contributed by atoms with Crippen molar-refractivity contribution in [1.82, 2.24) is 5.32 Å². The Labute approximate surface area is 102 Å². The summed E-state index contributed by atoms with van der Waals surface area (Å²) in [5.41, 5.74) is 0.911. The standard InChI is InChI=1S/C14H20FNO/c1-3-5-11(2)14(17)16-9-8-12-6-4-7-13(15)10-12/h4,6-7,10-11H,3,5,8-9H2,1-2H3,(H,16,17). The van der Waals surface area contributed by atoms with Crippen molar-refractivity contribution in [3.8, 4) is 0 Å². The van der Waals surface area contributed by atoms with Gasteiger partial charge in [-0.1, -0.05) is 32.4 Å². The summed E-state index contributed by atoms with van der Waals surface area (Å²) >= 11 is 0. The molecule has 2 nitrogen and oxygen atoms in total. The first-order chi connectivity index (χ1) is 8.13. The maximum absolute atomic E-state index is 12.9. The second-order valence-corrected chi connectivity index (χ2v) is 4.36. The Kier molecular flexibility index (Phi) is 5.67. The zero-order chi connectivity index (χ0) is 12.7. The third kappa shape index (κ3) is 4.98. The van der Waals surface area contributed by atoms with Crippen LogP contribution >= 0.6 is 0 Å². The maximum Gasteiger partial charge on any atom is 0.222 e. The third-order valence-corrected chi connectivity index (χ3v) is 2.77. The predicted octanol–water partition coefficient (Wildman–Crippen LogP) is 2.92. The molecule has 94 valence electrons. The van der Waals surface area contributed by atoms with E-state index in [1.54, 1.807) is 6.07 Å². The molecule has 0 aliphatic carbocycles. The van der Waals surface area contributed by atoms with Crippen molar-refractivity contribution in [1.29, 1.82) is 0 Å². The molecule has 1 aromatic carbocycles. The van der Waals surface area contributed by atoms with Crippen LogP contribution in [0.1, 0.15) is 32.3 Å². The van der Waals surface area contributed by atoms with E-state index in [4.69, 9.17) is 0 Å². The Bertz CT molecular complexity index is 365. The molecule has 17 heavy (non-hydrogen) atoms. The van der Waals surface area contributed by atoms with Gasteiger partial charge >= 0.3 is 0 Å². The van der Waals surface area contributed by atoms with Gasteiger partial charge in [-0.15, -0.1) is 0 Å². The lowest BCUT2D eigenvalue weighted by Crippen LogP contribution is -2.30. The molecule has 0 saturated carbocycles. The molecule has 0 bridgehead atoms. The van der Waals surface area contributed by atoms with E-state index in [1.807, 2.05) is 13.0 Å². The molecule has 0 spiro atoms. The second kappa shape index (κ2) is 7.05. The number of hydrogen-bond donors (Lipinski definition) is 1. The average molecular weight is 237 g/mol. The Morgan fingerprint density at radius 2 is 2.24 bits per heavy atom. The molecule has 1 unspecified atom stereocenters. The van der Waals surface area contributed by atoms with Crippen molar-refractivity contribution in [2.24, 2.45) is 5.92 Å². The average Bonchev–Trinajstić information content (AvgIpc) is 2.29. The number of carbonyl (C=O) groups excluding carboxylic acids is 1. The van der Waals surface area contributed by atoms with Crippen molar-refractivity contribution < 1.29 is 9.18 Å². The smallest absolute Gasteiger partial charge is 0.222 e. The minimum absolute atomic E-state index is 0.0625. The quantitative estimate of drug-likeness (QED) is 0.809. The van der Waals surface area contributed by atoms with Gasteiger partial charge in [-0.2, -0.15) is 0 Å².